The normalized spacial score (nSPS) is 27.4. The van der Waals surface area contributed by atoms with E-state index in [1.807, 2.05) is 76.2 Å². The van der Waals surface area contributed by atoms with Crippen LogP contribution in [0, 0.1) is 0 Å². The third kappa shape index (κ3) is 6.67. The molecule has 11 heteroatoms. The molecule has 6 heterocycles. The van der Waals surface area contributed by atoms with Crippen molar-refractivity contribution >= 4 is 5.91 Å². The van der Waals surface area contributed by atoms with E-state index in [1.165, 1.54) is 0 Å². The number of rotatable bonds is 9. The molecule has 6 rings (SSSR count). The van der Waals surface area contributed by atoms with Gasteiger partial charge in [0.1, 0.15) is 18.3 Å². The molecule has 3 aromatic heterocycles. The third-order valence-corrected chi connectivity index (χ3v) is 7.37. The van der Waals surface area contributed by atoms with Crippen LogP contribution in [0.3, 0.4) is 0 Å². The van der Waals surface area contributed by atoms with Gasteiger partial charge in [0, 0.05) is 46.2 Å². The zero-order chi connectivity index (χ0) is 29.3. The summed E-state index contributed by atoms with van der Waals surface area (Å²) < 4.78 is 30.2. The molecule has 1 N–H and O–H groups in total. The van der Waals surface area contributed by atoms with E-state index in [-0.39, 0.29) is 13.9 Å². The lowest BCUT2D eigenvalue weighted by molar-refractivity contribution is -0.231. The summed E-state index contributed by atoms with van der Waals surface area (Å²) in [4.78, 5) is 29.2. The van der Waals surface area contributed by atoms with Crippen molar-refractivity contribution in [2.45, 2.75) is 96.2 Å². The summed E-state index contributed by atoms with van der Waals surface area (Å²) in [5.74, 6) is -2.03. The molecule has 3 aliphatic rings. The first-order valence-corrected chi connectivity index (χ1v) is 14.2. The second-order valence-corrected chi connectivity index (χ2v) is 11.8. The summed E-state index contributed by atoms with van der Waals surface area (Å²) in [6, 6.07) is 15.8. The Hall–Kier alpha value is -3.32. The summed E-state index contributed by atoms with van der Waals surface area (Å²) in [5, 5.41) is 2.97. The Morgan fingerprint density at radius 3 is 1.98 bits per heavy atom. The lowest BCUT2D eigenvalue weighted by Crippen LogP contribution is -2.59. The van der Waals surface area contributed by atoms with Crippen LogP contribution >= 0.6 is 0 Å². The molecule has 3 fully saturated rings. The molecule has 3 aromatic rings. The van der Waals surface area contributed by atoms with Crippen LogP contribution in [0.15, 0.2) is 67.1 Å². The van der Waals surface area contributed by atoms with Gasteiger partial charge in [-0.05, 0) is 63.6 Å². The number of hydrogen-bond acceptors (Lipinski definition) is 10. The molecule has 0 aromatic carbocycles. The molecular weight excluding hydrogens is 538 g/mol. The van der Waals surface area contributed by atoms with E-state index < -0.39 is 42.3 Å². The SMILES string of the molecule is CC1(C)OC2OC(C(=O)NCc3ccc(CN(Cc4ccccn4)Cc4ccccn4)nc3)[C@@H]3OC(C)(C)O[C@@H]3[C@H]2O1.[HH]. The summed E-state index contributed by atoms with van der Waals surface area (Å²) in [5.41, 5.74) is 3.72. The molecule has 0 saturated carbocycles. The van der Waals surface area contributed by atoms with Crippen molar-refractivity contribution < 1.29 is 29.9 Å². The Bertz CT molecular complexity index is 1320. The van der Waals surface area contributed by atoms with Gasteiger partial charge in [-0.1, -0.05) is 18.2 Å². The van der Waals surface area contributed by atoms with Crippen LogP contribution < -0.4 is 5.32 Å². The fourth-order valence-corrected chi connectivity index (χ4v) is 5.60. The quantitative estimate of drug-likeness (QED) is 0.406. The highest BCUT2D eigenvalue weighted by molar-refractivity contribution is 5.81. The predicted octanol–water partition coefficient (Wildman–Crippen LogP) is 3.33. The van der Waals surface area contributed by atoms with Gasteiger partial charge in [0.25, 0.3) is 5.91 Å². The molecule has 0 spiro atoms. The van der Waals surface area contributed by atoms with E-state index in [0.29, 0.717) is 19.6 Å². The number of nitrogens with one attached hydrogen (secondary N) is 1. The Kier molecular flexibility index (Phi) is 8.05. The van der Waals surface area contributed by atoms with Crippen LogP contribution in [0.25, 0.3) is 0 Å². The van der Waals surface area contributed by atoms with Crippen molar-refractivity contribution in [3.63, 3.8) is 0 Å². The molecule has 3 saturated heterocycles. The molecule has 0 bridgehead atoms. The first kappa shape index (κ1) is 28.8. The number of pyridine rings is 3. The monoisotopic (exact) mass is 577 g/mol. The first-order chi connectivity index (χ1) is 20.1. The number of amides is 1. The molecule has 0 aliphatic carbocycles. The second-order valence-electron chi connectivity index (χ2n) is 11.8. The fraction of sp³-hybridized carbons (Fsp3) is 0.484. The Morgan fingerprint density at radius 1 is 0.786 bits per heavy atom. The number of aromatic nitrogens is 3. The third-order valence-electron chi connectivity index (χ3n) is 7.37. The van der Waals surface area contributed by atoms with E-state index in [2.05, 4.69) is 25.2 Å². The van der Waals surface area contributed by atoms with Gasteiger partial charge < -0.3 is 29.0 Å². The van der Waals surface area contributed by atoms with Gasteiger partial charge in [-0.15, -0.1) is 0 Å². The van der Waals surface area contributed by atoms with Crippen LogP contribution in [0.2, 0.25) is 0 Å². The number of nitrogens with zero attached hydrogens (tertiary/aromatic N) is 4. The molecule has 0 radical (unpaired) electrons. The minimum absolute atomic E-state index is 0. The van der Waals surface area contributed by atoms with Crippen LogP contribution in [-0.4, -0.2) is 68.0 Å². The maximum Gasteiger partial charge on any atom is 0.252 e. The smallest absolute Gasteiger partial charge is 0.252 e. The van der Waals surface area contributed by atoms with Crippen molar-refractivity contribution in [3.05, 3.63) is 89.8 Å². The number of fused-ring (bicyclic) bond motifs is 3. The largest absolute Gasteiger partial charge is 0.350 e. The van der Waals surface area contributed by atoms with Gasteiger partial charge in [-0.2, -0.15) is 0 Å². The van der Waals surface area contributed by atoms with E-state index in [1.54, 1.807) is 18.6 Å². The summed E-state index contributed by atoms with van der Waals surface area (Å²) in [6.07, 6.45) is 2.15. The summed E-state index contributed by atoms with van der Waals surface area (Å²) in [6.45, 7) is 9.49. The highest BCUT2D eigenvalue weighted by Gasteiger charge is 2.62. The Morgan fingerprint density at radius 2 is 1.38 bits per heavy atom. The van der Waals surface area contributed by atoms with E-state index in [4.69, 9.17) is 23.7 Å². The van der Waals surface area contributed by atoms with Crippen LogP contribution in [0.4, 0.5) is 0 Å². The van der Waals surface area contributed by atoms with Crippen molar-refractivity contribution in [1.82, 2.24) is 25.2 Å². The first-order valence-electron chi connectivity index (χ1n) is 14.2. The molecule has 2 unspecified atom stereocenters. The molecule has 224 valence electrons. The number of carbonyl (C=O) groups is 1. The average Bonchev–Trinajstić information content (AvgIpc) is 3.46. The molecule has 3 aliphatic heterocycles. The number of ether oxygens (including phenoxy) is 5. The molecule has 5 atom stereocenters. The van der Waals surface area contributed by atoms with Crippen LogP contribution in [0.1, 0.15) is 51.8 Å². The van der Waals surface area contributed by atoms with Crippen molar-refractivity contribution in [2.24, 2.45) is 0 Å². The maximum absolute atomic E-state index is 13.3. The lowest BCUT2D eigenvalue weighted by atomic mass is 9.98. The van der Waals surface area contributed by atoms with Gasteiger partial charge in [0.2, 0.25) is 0 Å². The number of carbonyl (C=O) groups excluding carboxylic acids is 1. The van der Waals surface area contributed by atoms with Gasteiger partial charge >= 0.3 is 0 Å². The van der Waals surface area contributed by atoms with Gasteiger partial charge in [0.15, 0.2) is 24.0 Å². The molecular formula is C31H39N5O6. The lowest BCUT2D eigenvalue weighted by Gasteiger charge is -2.36. The Balaban J connectivity index is 0.00000368. The van der Waals surface area contributed by atoms with Crippen LogP contribution in [0.5, 0.6) is 0 Å². The summed E-state index contributed by atoms with van der Waals surface area (Å²) in [7, 11) is 0. The highest BCUT2D eigenvalue weighted by Crippen LogP contribution is 2.44. The van der Waals surface area contributed by atoms with E-state index in [9.17, 15) is 4.79 Å². The molecule has 1 amide bonds. The molecule has 42 heavy (non-hydrogen) atoms. The van der Waals surface area contributed by atoms with Crippen molar-refractivity contribution in [2.75, 3.05) is 0 Å². The average molecular weight is 578 g/mol. The zero-order valence-corrected chi connectivity index (χ0v) is 24.3. The fourth-order valence-electron chi connectivity index (χ4n) is 5.60. The Labute approximate surface area is 247 Å². The maximum atomic E-state index is 13.3. The number of hydrogen-bond donors (Lipinski definition) is 1. The van der Waals surface area contributed by atoms with Crippen LogP contribution in [-0.2, 0) is 54.7 Å². The topological polar surface area (TPSA) is 117 Å². The highest BCUT2D eigenvalue weighted by atomic mass is 16.9. The second kappa shape index (κ2) is 11.8. The predicted molar refractivity (Wildman–Crippen MR) is 152 cm³/mol. The minimum Gasteiger partial charge on any atom is -0.350 e. The van der Waals surface area contributed by atoms with Gasteiger partial charge in [-0.3, -0.25) is 24.6 Å². The minimum atomic E-state index is -0.908. The van der Waals surface area contributed by atoms with E-state index in [0.717, 1.165) is 22.6 Å². The zero-order valence-electron chi connectivity index (χ0n) is 24.3. The van der Waals surface area contributed by atoms with Gasteiger partial charge in [0.05, 0.1) is 17.1 Å². The summed E-state index contributed by atoms with van der Waals surface area (Å²) >= 11 is 0. The molecule has 11 nitrogen and oxygen atoms in total. The standard InChI is InChI=1S/C31H37N5O6.H2/c1-30(2)39-24-25(40-30)27-29(42-31(3,4)41-27)38-26(24)28(37)35-16-20-11-12-23(34-15-20)19-36(17-21-9-5-7-13-32-21)18-22-10-6-8-14-33-22;/h5-15,24-27,29H,16-19H2,1-4H3,(H,35,37);1H/t24-,25+,26?,27-,29?;/m1./s1. The van der Waals surface area contributed by atoms with Crippen molar-refractivity contribution in [3.8, 4) is 0 Å². The van der Waals surface area contributed by atoms with E-state index >= 15 is 0 Å². The van der Waals surface area contributed by atoms with Crippen molar-refractivity contribution in [1.29, 1.82) is 0 Å². The van der Waals surface area contributed by atoms with Gasteiger partial charge in [-0.25, -0.2) is 0 Å².